The highest BCUT2D eigenvalue weighted by molar-refractivity contribution is 7.99. The third kappa shape index (κ3) is 5.82. The van der Waals surface area contributed by atoms with Crippen LogP contribution in [0.2, 0.25) is 0 Å². The summed E-state index contributed by atoms with van der Waals surface area (Å²) < 4.78 is 5.53. The van der Waals surface area contributed by atoms with Gasteiger partial charge in [0, 0.05) is 17.2 Å². The van der Waals surface area contributed by atoms with E-state index in [9.17, 15) is 4.79 Å². The molecule has 0 radical (unpaired) electrons. The summed E-state index contributed by atoms with van der Waals surface area (Å²) in [6, 6.07) is 16.1. The molecule has 2 aromatic carbocycles. The predicted octanol–water partition coefficient (Wildman–Crippen LogP) is 3.59. The predicted molar refractivity (Wildman–Crippen MR) is 91.6 cm³/mol. The first-order valence-corrected chi connectivity index (χ1v) is 8.28. The van der Waals surface area contributed by atoms with E-state index >= 15 is 0 Å². The quantitative estimate of drug-likeness (QED) is 0.627. The van der Waals surface area contributed by atoms with Crippen LogP contribution >= 0.6 is 11.8 Å². The Bertz CT molecular complexity index is 593. The van der Waals surface area contributed by atoms with Crippen molar-refractivity contribution >= 4 is 17.7 Å². The summed E-state index contributed by atoms with van der Waals surface area (Å²) in [6.45, 7) is 4.72. The van der Waals surface area contributed by atoms with E-state index in [-0.39, 0.29) is 12.5 Å². The van der Waals surface area contributed by atoms with Crippen LogP contribution in [0.4, 0.5) is 0 Å². The Labute approximate surface area is 136 Å². The molecular weight excluding hydrogens is 294 g/mol. The Morgan fingerprint density at radius 1 is 1.09 bits per heavy atom. The fourth-order valence-electron chi connectivity index (χ4n) is 2.09. The van der Waals surface area contributed by atoms with Gasteiger partial charge in [0.25, 0.3) is 5.91 Å². The molecule has 0 bridgehead atoms. The monoisotopic (exact) mass is 315 g/mol. The molecule has 116 valence electrons. The van der Waals surface area contributed by atoms with Crippen LogP contribution in [0.15, 0.2) is 53.4 Å². The molecule has 2 rings (SSSR count). The summed E-state index contributed by atoms with van der Waals surface area (Å²) in [4.78, 5) is 13.0. The number of rotatable bonds is 7. The van der Waals surface area contributed by atoms with Gasteiger partial charge in [0.05, 0.1) is 0 Å². The van der Waals surface area contributed by atoms with Gasteiger partial charge in [-0.2, -0.15) is 0 Å². The number of hydrogen-bond acceptors (Lipinski definition) is 3. The lowest BCUT2D eigenvalue weighted by molar-refractivity contribution is -0.122. The second-order valence-electron chi connectivity index (χ2n) is 5.12. The molecule has 4 heteroatoms. The van der Waals surface area contributed by atoms with Crippen molar-refractivity contribution in [1.82, 2.24) is 5.32 Å². The zero-order valence-corrected chi connectivity index (χ0v) is 13.8. The largest absolute Gasteiger partial charge is 0.484 e. The molecule has 3 nitrogen and oxygen atoms in total. The number of carbonyl (C=O) groups excluding carboxylic acids is 1. The molecule has 0 aliphatic rings. The van der Waals surface area contributed by atoms with Gasteiger partial charge in [-0.3, -0.25) is 4.79 Å². The maximum Gasteiger partial charge on any atom is 0.257 e. The van der Waals surface area contributed by atoms with E-state index in [2.05, 4.69) is 23.5 Å². The van der Waals surface area contributed by atoms with Gasteiger partial charge < -0.3 is 10.1 Å². The summed E-state index contributed by atoms with van der Waals surface area (Å²) in [5, 5.41) is 2.87. The zero-order valence-electron chi connectivity index (χ0n) is 13.0. The lowest BCUT2D eigenvalue weighted by Gasteiger charge is -2.09. The van der Waals surface area contributed by atoms with Crippen molar-refractivity contribution in [3.63, 3.8) is 0 Å². The minimum atomic E-state index is -0.0900. The minimum absolute atomic E-state index is 0.0545. The van der Waals surface area contributed by atoms with Gasteiger partial charge >= 0.3 is 0 Å². The molecule has 0 fully saturated rings. The van der Waals surface area contributed by atoms with Gasteiger partial charge in [-0.05, 0) is 49.2 Å². The number of ether oxygens (including phenoxy) is 1. The topological polar surface area (TPSA) is 38.3 Å². The maximum atomic E-state index is 11.8. The van der Waals surface area contributed by atoms with Crippen molar-refractivity contribution in [3.05, 3.63) is 59.7 Å². The molecule has 0 atom stereocenters. The first-order valence-electron chi connectivity index (χ1n) is 7.29. The van der Waals surface area contributed by atoms with Crippen LogP contribution in [0, 0.1) is 13.8 Å². The van der Waals surface area contributed by atoms with E-state index in [1.807, 2.05) is 44.2 Å². The molecule has 0 unspecified atom stereocenters. The summed E-state index contributed by atoms with van der Waals surface area (Å²) in [5.74, 6) is 1.50. The van der Waals surface area contributed by atoms with Gasteiger partial charge in [0.2, 0.25) is 0 Å². The average Bonchev–Trinajstić information content (AvgIpc) is 2.50. The van der Waals surface area contributed by atoms with Crippen LogP contribution in [0.3, 0.4) is 0 Å². The van der Waals surface area contributed by atoms with Gasteiger partial charge in [0.15, 0.2) is 6.61 Å². The lowest BCUT2D eigenvalue weighted by Crippen LogP contribution is -2.30. The Balaban J connectivity index is 1.65. The number of carbonyl (C=O) groups is 1. The molecular formula is C18H21NO2S. The summed E-state index contributed by atoms with van der Waals surface area (Å²) in [6.07, 6.45) is 0. The van der Waals surface area contributed by atoms with Crippen molar-refractivity contribution in [1.29, 1.82) is 0 Å². The van der Waals surface area contributed by atoms with E-state index < -0.39 is 0 Å². The SMILES string of the molecule is Cc1cc(C)cc(OCC(=O)NCCSc2ccccc2)c1. The van der Waals surface area contributed by atoms with Crippen molar-refractivity contribution < 1.29 is 9.53 Å². The normalized spacial score (nSPS) is 10.3. The number of thioether (sulfide) groups is 1. The molecule has 0 aromatic heterocycles. The summed E-state index contributed by atoms with van der Waals surface area (Å²) in [7, 11) is 0. The minimum Gasteiger partial charge on any atom is -0.484 e. The van der Waals surface area contributed by atoms with E-state index in [1.54, 1.807) is 11.8 Å². The number of hydrogen-bond donors (Lipinski definition) is 1. The third-order valence-electron chi connectivity index (χ3n) is 3.00. The highest BCUT2D eigenvalue weighted by Crippen LogP contribution is 2.16. The number of nitrogens with one attached hydrogen (secondary N) is 1. The first kappa shape index (κ1) is 16.4. The molecule has 0 spiro atoms. The summed E-state index contributed by atoms with van der Waals surface area (Å²) >= 11 is 1.73. The van der Waals surface area contributed by atoms with Crippen LogP contribution in [0.5, 0.6) is 5.75 Å². The van der Waals surface area contributed by atoms with Gasteiger partial charge in [0.1, 0.15) is 5.75 Å². The Kier molecular flexibility index (Phi) is 6.34. The Morgan fingerprint density at radius 3 is 2.45 bits per heavy atom. The van der Waals surface area contributed by atoms with Crippen LogP contribution < -0.4 is 10.1 Å². The van der Waals surface area contributed by atoms with E-state index in [0.717, 1.165) is 22.6 Å². The van der Waals surface area contributed by atoms with Crippen LogP contribution in [0.25, 0.3) is 0 Å². The Hall–Kier alpha value is -1.94. The van der Waals surface area contributed by atoms with Crippen LogP contribution in [-0.4, -0.2) is 24.8 Å². The third-order valence-corrected chi connectivity index (χ3v) is 4.02. The first-order chi connectivity index (χ1) is 10.6. The van der Waals surface area contributed by atoms with Gasteiger partial charge in [-0.1, -0.05) is 24.3 Å². The highest BCUT2D eigenvalue weighted by atomic mass is 32.2. The van der Waals surface area contributed by atoms with E-state index in [1.165, 1.54) is 4.90 Å². The fourth-order valence-corrected chi connectivity index (χ4v) is 2.88. The molecule has 1 amide bonds. The second-order valence-corrected chi connectivity index (χ2v) is 6.29. The molecule has 0 heterocycles. The molecule has 0 aliphatic heterocycles. The van der Waals surface area contributed by atoms with E-state index in [0.29, 0.717) is 6.54 Å². The second kappa shape index (κ2) is 8.49. The van der Waals surface area contributed by atoms with Crippen LogP contribution in [0.1, 0.15) is 11.1 Å². The lowest BCUT2D eigenvalue weighted by atomic mass is 10.1. The molecule has 1 N–H and O–H groups in total. The number of amides is 1. The molecule has 0 saturated carbocycles. The summed E-state index contributed by atoms with van der Waals surface area (Å²) in [5.41, 5.74) is 2.27. The van der Waals surface area contributed by atoms with Gasteiger partial charge in [-0.15, -0.1) is 11.8 Å². The van der Waals surface area contributed by atoms with Crippen molar-refractivity contribution in [2.75, 3.05) is 18.9 Å². The highest BCUT2D eigenvalue weighted by Gasteiger charge is 2.03. The zero-order chi connectivity index (χ0) is 15.8. The van der Waals surface area contributed by atoms with Gasteiger partial charge in [-0.25, -0.2) is 0 Å². The fraction of sp³-hybridized carbons (Fsp3) is 0.278. The Morgan fingerprint density at radius 2 is 1.77 bits per heavy atom. The maximum absolute atomic E-state index is 11.8. The van der Waals surface area contributed by atoms with Crippen LogP contribution in [-0.2, 0) is 4.79 Å². The van der Waals surface area contributed by atoms with E-state index in [4.69, 9.17) is 4.74 Å². The number of benzene rings is 2. The molecule has 2 aromatic rings. The smallest absolute Gasteiger partial charge is 0.257 e. The molecule has 0 saturated heterocycles. The number of aryl methyl sites for hydroxylation is 2. The van der Waals surface area contributed by atoms with Crippen molar-refractivity contribution in [3.8, 4) is 5.75 Å². The average molecular weight is 315 g/mol. The molecule has 0 aliphatic carbocycles. The van der Waals surface area contributed by atoms with Crippen molar-refractivity contribution in [2.24, 2.45) is 0 Å². The standard InChI is InChI=1S/C18H21NO2S/c1-14-10-15(2)12-16(11-14)21-13-18(20)19-8-9-22-17-6-4-3-5-7-17/h3-7,10-12H,8-9,13H2,1-2H3,(H,19,20). The molecule has 22 heavy (non-hydrogen) atoms. The van der Waals surface area contributed by atoms with Crippen molar-refractivity contribution in [2.45, 2.75) is 18.7 Å².